The van der Waals surface area contributed by atoms with Crippen LogP contribution >= 0.6 is 0 Å². The summed E-state index contributed by atoms with van der Waals surface area (Å²) in [6, 6.07) is 0. The predicted molar refractivity (Wildman–Crippen MR) is 35.7 cm³/mol. The third-order valence-electron chi connectivity index (χ3n) is 1.08. The molecule has 0 spiro atoms. The number of rotatable bonds is 3. The van der Waals surface area contributed by atoms with Crippen molar-refractivity contribution >= 4 is 0 Å². The van der Waals surface area contributed by atoms with Gasteiger partial charge in [-0.2, -0.15) is 0 Å². The molecule has 0 aromatic carbocycles. The Kier molecular flexibility index (Phi) is 4.42. The minimum atomic E-state index is 1.06. The zero-order chi connectivity index (χ0) is 6.41. The highest BCUT2D eigenvalue weighted by molar-refractivity contribution is 4.88. The monoisotopic (exact) mass is 114 g/mol. The lowest BCUT2D eigenvalue weighted by Crippen LogP contribution is -1.83. The van der Waals surface area contributed by atoms with Gasteiger partial charge in [-0.3, -0.25) is 0 Å². The van der Waals surface area contributed by atoms with E-state index in [1.165, 1.54) is 0 Å². The standard InChI is InChI=1S/C7H14O/c1-4-6-7(5-2)8-3/h5H,4,6H2,1-3H3/b7-5+. The topological polar surface area (TPSA) is 9.23 Å². The van der Waals surface area contributed by atoms with Crippen LogP contribution in [0.3, 0.4) is 0 Å². The van der Waals surface area contributed by atoms with Crippen LogP contribution in [0.5, 0.6) is 0 Å². The van der Waals surface area contributed by atoms with Gasteiger partial charge in [0.2, 0.25) is 0 Å². The van der Waals surface area contributed by atoms with E-state index >= 15 is 0 Å². The van der Waals surface area contributed by atoms with E-state index in [0.717, 1.165) is 18.6 Å². The van der Waals surface area contributed by atoms with E-state index < -0.39 is 0 Å². The highest BCUT2D eigenvalue weighted by atomic mass is 16.5. The second-order valence-corrected chi connectivity index (χ2v) is 1.71. The molecule has 8 heavy (non-hydrogen) atoms. The van der Waals surface area contributed by atoms with Gasteiger partial charge in [-0.15, -0.1) is 0 Å². The van der Waals surface area contributed by atoms with Gasteiger partial charge in [0, 0.05) is 6.42 Å². The highest BCUT2D eigenvalue weighted by Crippen LogP contribution is 2.03. The molecule has 0 bridgehead atoms. The summed E-state index contributed by atoms with van der Waals surface area (Å²) >= 11 is 0. The van der Waals surface area contributed by atoms with Crippen molar-refractivity contribution in [3.63, 3.8) is 0 Å². The van der Waals surface area contributed by atoms with Crippen molar-refractivity contribution in [3.05, 3.63) is 11.8 Å². The van der Waals surface area contributed by atoms with Crippen LogP contribution in [0.15, 0.2) is 11.8 Å². The van der Waals surface area contributed by atoms with Gasteiger partial charge in [-0.1, -0.05) is 6.92 Å². The Bertz CT molecular complexity index is 74.5. The van der Waals surface area contributed by atoms with Crippen LogP contribution in [0.2, 0.25) is 0 Å². The molecule has 0 unspecified atom stereocenters. The average molecular weight is 114 g/mol. The number of hydrogen-bond acceptors (Lipinski definition) is 1. The van der Waals surface area contributed by atoms with Crippen LogP contribution in [0.4, 0.5) is 0 Å². The molecule has 1 nitrogen and oxygen atoms in total. The third-order valence-corrected chi connectivity index (χ3v) is 1.08. The van der Waals surface area contributed by atoms with Crippen molar-refractivity contribution in [2.75, 3.05) is 7.11 Å². The molecule has 0 amide bonds. The molecular formula is C7H14O. The Hall–Kier alpha value is -0.460. The molecule has 0 fully saturated rings. The molecule has 0 N–H and O–H groups in total. The normalized spacial score (nSPS) is 11.6. The van der Waals surface area contributed by atoms with Crippen molar-refractivity contribution in [3.8, 4) is 0 Å². The largest absolute Gasteiger partial charge is 0.501 e. The van der Waals surface area contributed by atoms with E-state index in [1.54, 1.807) is 7.11 Å². The fourth-order valence-electron chi connectivity index (χ4n) is 0.611. The van der Waals surface area contributed by atoms with Crippen LogP contribution < -0.4 is 0 Å². The summed E-state index contributed by atoms with van der Waals surface area (Å²) < 4.78 is 5.00. The summed E-state index contributed by atoms with van der Waals surface area (Å²) in [5, 5.41) is 0. The van der Waals surface area contributed by atoms with E-state index in [2.05, 4.69) is 6.92 Å². The second-order valence-electron chi connectivity index (χ2n) is 1.71. The van der Waals surface area contributed by atoms with Gasteiger partial charge in [0.05, 0.1) is 12.9 Å². The second kappa shape index (κ2) is 4.69. The molecule has 0 rings (SSSR count). The molecule has 0 aliphatic rings. The molecule has 0 saturated carbocycles. The Morgan fingerprint density at radius 3 is 2.38 bits per heavy atom. The first-order chi connectivity index (χ1) is 3.85. The van der Waals surface area contributed by atoms with Crippen LogP contribution in [-0.4, -0.2) is 7.11 Å². The molecule has 0 aromatic heterocycles. The van der Waals surface area contributed by atoms with Crippen molar-refractivity contribution < 1.29 is 4.74 Å². The summed E-state index contributed by atoms with van der Waals surface area (Å²) in [5.41, 5.74) is 0. The minimum Gasteiger partial charge on any atom is -0.501 e. The molecule has 0 atom stereocenters. The summed E-state index contributed by atoms with van der Waals surface area (Å²) in [6.45, 7) is 4.14. The fraction of sp³-hybridized carbons (Fsp3) is 0.714. The molecule has 0 aliphatic heterocycles. The number of hydrogen-bond donors (Lipinski definition) is 0. The van der Waals surface area contributed by atoms with E-state index in [-0.39, 0.29) is 0 Å². The van der Waals surface area contributed by atoms with Crippen molar-refractivity contribution in [2.45, 2.75) is 26.7 Å². The average Bonchev–Trinajstić information content (AvgIpc) is 1.83. The zero-order valence-electron chi connectivity index (χ0n) is 5.90. The number of allylic oxidation sites excluding steroid dienone is 2. The Morgan fingerprint density at radius 1 is 1.62 bits per heavy atom. The fourth-order valence-corrected chi connectivity index (χ4v) is 0.611. The predicted octanol–water partition coefficient (Wildman–Crippen LogP) is 2.34. The molecular weight excluding hydrogens is 100 g/mol. The van der Waals surface area contributed by atoms with E-state index in [1.807, 2.05) is 13.0 Å². The van der Waals surface area contributed by atoms with Gasteiger partial charge in [-0.25, -0.2) is 0 Å². The minimum absolute atomic E-state index is 1.06. The lowest BCUT2D eigenvalue weighted by Gasteiger charge is -2.00. The van der Waals surface area contributed by atoms with Gasteiger partial charge in [0.25, 0.3) is 0 Å². The number of methoxy groups -OCH3 is 1. The molecule has 0 aromatic rings. The smallest absolute Gasteiger partial charge is 0.0912 e. The SMILES string of the molecule is C/C=C(\CCC)OC. The van der Waals surface area contributed by atoms with Gasteiger partial charge < -0.3 is 4.74 Å². The van der Waals surface area contributed by atoms with Gasteiger partial charge in [0.15, 0.2) is 0 Å². The van der Waals surface area contributed by atoms with Crippen molar-refractivity contribution in [2.24, 2.45) is 0 Å². The molecule has 0 heterocycles. The summed E-state index contributed by atoms with van der Waals surface area (Å²) in [7, 11) is 1.71. The van der Waals surface area contributed by atoms with Gasteiger partial charge in [0.1, 0.15) is 0 Å². The first-order valence-corrected chi connectivity index (χ1v) is 3.04. The lowest BCUT2D eigenvalue weighted by atomic mass is 10.3. The summed E-state index contributed by atoms with van der Waals surface area (Å²) in [6.07, 6.45) is 4.23. The van der Waals surface area contributed by atoms with Crippen LogP contribution in [0.1, 0.15) is 26.7 Å². The third kappa shape index (κ3) is 2.67. The Morgan fingerprint density at radius 2 is 2.25 bits per heavy atom. The first-order valence-electron chi connectivity index (χ1n) is 3.04. The Labute approximate surface area is 51.4 Å². The van der Waals surface area contributed by atoms with Gasteiger partial charge >= 0.3 is 0 Å². The summed E-state index contributed by atoms with van der Waals surface area (Å²) in [5.74, 6) is 1.09. The molecule has 48 valence electrons. The maximum Gasteiger partial charge on any atom is 0.0912 e. The van der Waals surface area contributed by atoms with Crippen LogP contribution in [0, 0.1) is 0 Å². The van der Waals surface area contributed by atoms with E-state index in [9.17, 15) is 0 Å². The lowest BCUT2D eigenvalue weighted by molar-refractivity contribution is 0.275. The van der Waals surface area contributed by atoms with Crippen LogP contribution in [0.25, 0.3) is 0 Å². The van der Waals surface area contributed by atoms with Gasteiger partial charge in [-0.05, 0) is 19.4 Å². The van der Waals surface area contributed by atoms with E-state index in [0.29, 0.717) is 0 Å². The maximum atomic E-state index is 5.00. The van der Waals surface area contributed by atoms with Crippen molar-refractivity contribution in [1.29, 1.82) is 0 Å². The zero-order valence-corrected chi connectivity index (χ0v) is 5.90. The van der Waals surface area contributed by atoms with E-state index in [4.69, 9.17) is 4.74 Å². The van der Waals surface area contributed by atoms with Crippen LogP contribution in [-0.2, 0) is 4.74 Å². The quantitative estimate of drug-likeness (QED) is 0.512. The molecule has 0 aliphatic carbocycles. The highest BCUT2D eigenvalue weighted by Gasteiger charge is 1.87. The molecule has 0 saturated heterocycles. The maximum absolute atomic E-state index is 5.00. The first kappa shape index (κ1) is 7.54. The number of ether oxygens (including phenoxy) is 1. The Balaban J connectivity index is 3.38. The van der Waals surface area contributed by atoms with Crippen molar-refractivity contribution in [1.82, 2.24) is 0 Å². The molecule has 0 radical (unpaired) electrons. The summed E-state index contributed by atoms with van der Waals surface area (Å²) in [4.78, 5) is 0. The molecule has 1 heteroatoms.